The summed E-state index contributed by atoms with van der Waals surface area (Å²) in [6.07, 6.45) is 7.57. The number of furan rings is 1. The molecule has 98 valence electrons. The first-order chi connectivity index (χ1) is 8.72. The molecule has 0 fully saturated rings. The number of hydrogen-bond donors (Lipinski definition) is 1. The van der Waals surface area contributed by atoms with Crippen LogP contribution in [0.3, 0.4) is 0 Å². The summed E-state index contributed by atoms with van der Waals surface area (Å²) in [5.41, 5.74) is 1.23. The molecule has 0 spiro atoms. The minimum atomic E-state index is 0.268. The maximum Gasteiger partial charge on any atom is 0.110 e. The molecule has 18 heavy (non-hydrogen) atoms. The van der Waals surface area contributed by atoms with Crippen LogP contribution in [-0.4, -0.2) is 16.1 Å². The highest BCUT2D eigenvalue weighted by Crippen LogP contribution is 2.22. The van der Waals surface area contributed by atoms with E-state index in [1.165, 1.54) is 5.56 Å². The molecule has 0 saturated heterocycles. The van der Waals surface area contributed by atoms with Gasteiger partial charge >= 0.3 is 0 Å². The summed E-state index contributed by atoms with van der Waals surface area (Å²) in [6.45, 7) is 5.18. The molecule has 1 atom stereocenters. The lowest BCUT2D eigenvalue weighted by Gasteiger charge is -2.17. The van der Waals surface area contributed by atoms with Crippen molar-refractivity contribution in [3.63, 3.8) is 0 Å². The molecular formula is C14H21N3O. The molecule has 2 aromatic heterocycles. The van der Waals surface area contributed by atoms with Crippen LogP contribution in [0.5, 0.6) is 0 Å². The zero-order chi connectivity index (χ0) is 13.0. The molecule has 0 aliphatic rings. The molecule has 0 radical (unpaired) electrons. The van der Waals surface area contributed by atoms with Gasteiger partial charge in [-0.2, -0.15) is 0 Å². The van der Waals surface area contributed by atoms with Gasteiger partial charge in [-0.1, -0.05) is 6.92 Å². The maximum absolute atomic E-state index is 5.41. The van der Waals surface area contributed by atoms with E-state index in [-0.39, 0.29) is 6.04 Å². The van der Waals surface area contributed by atoms with Crippen LogP contribution < -0.4 is 5.32 Å². The Bertz CT molecular complexity index is 487. The molecular weight excluding hydrogens is 226 g/mol. The Balaban J connectivity index is 2.15. The van der Waals surface area contributed by atoms with Gasteiger partial charge in [-0.15, -0.1) is 0 Å². The number of aromatic nitrogens is 2. The lowest BCUT2D eigenvalue weighted by Crippen LogP contribution is -2.25. The number of nitrogens with zero attached hydrogens (tertiary/aromatic N) is 2. The van der Waals surface area contributed by atoms with Crippen LogP contribution in [0.1, 0.15) is 36.5 Å². The molecule has 4 nitrogen and oxygen atoms in total. The second-order valence-corrected chi connectivity index (χ2v) is 4.60. The third-order valence-electron chi connectivity index (χ3n) is 3.22. The zero-order valence-corrected chi connectivity index (χ0v) is 11.3. The number of nitrogens with one attached hydrogen (secondary N) is 1. The fourth-order valence-electron chi connectivity index (χ4n) is 2.14. The minimum absolute atomic E-state index is 0.268. The topological polar surface area (TPSA) is 43.0 Å². The van der Waals surface area contributed by atoms with Crippen molar-refractivity contribution in [1.82, 2.24) is 14.9 Å². The summed E-state index contributed by atoms with van der Waals surface area (Å²) in [6, 6.07) is 2.32. The van der Waals surface area contributed by atoms with Gasteiger partial charge in [0.1, 0.15) is 11.6 Å². The Labute approximate surface area is 108 Å². The van der Waals surface area contributed by atoms with Gasteiger partial charge in [0, 0.05) is 37.5 Å². The van der Waals surface area contributed by atoms with Crippen LogP contribution in [0.4, 0.5) is 0 Å². The maximum atomic E-state index is 5.41. The minimum Gasteiger partial charge on any atom is -0.469 e. The van der Waals surface area contributed by atoms with E-state index in [1.54, 1.807) is 6.26 Å². The Morgan fingerprint density at radius 3 is 2.89 bits per heavy atom. The third kappa shape index (κ3) is 2.82. The number of imidazole rings is 1. The van der Waals surface area contributed by atoms with Crippen LogP contribution in [0, 0.1) is 6.92 Å². The van der Waals surface area contributed by atoms with Gasteiger partial charge in [0.15, 0.2) is 0 Å². The average Bonchev–Trinajstić information content (AvgIpc) is 2.94. The van der Waals surface area contributed by atoms with E-state index >= 15 is 0 Å². The SMILES string of the molecule is CCCNC(Cc1nccn1C)c1ccoc1C. The van der Waals surface area contributed by atoms with E-state index in [0.717, 1.165) is 31.0 Å². The molecule has 4 heteroatoms. The quantitative estimate of drug-likeness (QED) is 0.853. The van der Waals surface area contributed by atoms with Crippen molar-refractivity contribution in [2.24, 2.45) is 7.05 Å². The smallest absolute Gasteiger partial charge is 0.110 e. The Kier molecular flexibility index (Phi) is 4.20. The van der Waals surface area contributed by atoms with Crippen molar-refractivity contribution in [3.05, 3.63) is 41.9 Å². The molecule has 2 aromatic rings. The highest BCUT2D eigenvalue weighted by molar-refractivity contribution is 5.21. The van der Waals surface area contributed by atoms with Gasteiger partial charge in [0.25, 0.3) is 0 Å². The molecule has 0 aliphatic heterocycles. The van der Waals surface area contributed by atoms with Crippen LogP contribution in [0.25, 0.3) is 0 Å². The van der Waals surface area contributed by atoms with Gasteiger partial charge in [-0.25, -0.2) is 4.98 Å². The van der Waals surface area contributed by atoms with Crippen LogP contribution in [0.15, 0.2) is 29.1 Å². The lowest BCUT2D eigenvalue weighted by atomic mass is 10.0. The van der Waals surface area contributed by atoms with Gasteiger partial charge in [0.2, 0.25) is 0 Å². The summed E-state index contributed by atoms with van der Waals surface area (Å²) in [5, 5.41) is 3.56. The van der Waals surface area contributed by atoms with Gasteiger partial charge < -0.3 is 14.3 Å². The van der Waals surface area contributed by atoms with Crippen LogP contribution >= 0.6 is 0 Å². The summed E-state index contributed by atoms with van der Waals surface area (Å²) < 4.78 is 7.47. The number of aryl methyl sites for hydroxylation is 2. The van der Waals surface area contributed by atoms with Gasteiger partial charge in [-0.3, -0.25) is 0 Å². The highest BCUT2D eigenvalue weighted by Gasteiger charge is 2.17. The monoisotopic (exact) mass is 247 g/mol. The molecule has 0 amide bonds. The first-order valence-corrected chi connectivity index (χ1v) is 6.46. The number of rotatable bonds is 6. The summed E-state index contributed by atoms with van der Waals surface area (Å²) in [7, 11) is 2.03. The summed E-state index contributed by atoms with van der Waals surface area (Å²) >= 11 is 0. The average molecular weight is 247 g/mol. The third-order valence-corrected chi connectivity index (χ3v) is 3.22. The Morgan fingerprint density at radius 2 is 2.33 bits per heavy atom. The van der Waals surface area contributed by atoms with E-state index in [1.807, 2.05) is 32.4 Å². The fourth-order valence-corrected chi connectivity index (χ4v) is 2.14. The first kappa shape index (κ1) is 12.9. The predicted molar refractivity (Wildman–Crippen MR) is 71.4 cm³/mol. The van der Waals surface area contributed by atoms with E-state index < -0.39 is 0 Å². The lowest BCUT2D eigenvalue weighted by molar-refractivity contribution is 0.485. The standard InChI is InChI=1S/C14H21N3O/c1-4-6-15-13(12-5-9-18-11(12)2)10-14-16-7-8-17(14)3/h5,7-9,13,15H,4,6,10H2,1-3H3. The van der Waals surface area contributed by atoms with E-state index in [9.17, 15) is 0 Å². The van der Waals surface area contributed by atoms with Crippen molar-refractivity contribution < 1.29 is 4.42 Å². The van der Waals surface area contributed by atoms with Crippen LogP contribution in [-0.2, 0) is 13.5 Å². The predicted octanol–water partition coefficient (Wildman–Crippen LogP) is 2.60. The summed E-state index contributed by atoms with van der Waals surface area (Å²) in [5.74, 6) is 2.07. The Hall–Kier alpha value is -1.55. The van der Waals surface area contributed by atoms with Crippen molar-refractivity contribution >= 4 is 0 Å². The fraction of sp³-hybridized carbons (Fsp3) is 0.500. The molecule has 1 N–H and O–H groups in total. The molecule has 1 unspecified atom stereocenters. The largest absolute Gasteiger partial charge is 0.469 e. The first-order valence-electron chi connectivity index (χ1n) is 6.46. The number of hydrogen-bond acceptors (Lipinski definition) is 3. The Morgan fingerprint density at radius 1 is 1.50 bits per heavy atom. The molecule has 0 bridgehead atoms. The van der Waals surface area contributed by atoms with Crippen molar-refractivity contribution in [2.45, 2.75) is 32.7 Å². The van der Waals surface area contributed by atoms with E-state index in [2.05, 4.69) is 21.8 Å². The second kappa shape index (κ2) is 5.87. The van der Waals surface area contributed by atoms with Crippen molar-refractivity contribution in [1.29, 1.82) is 0 Å². The van der Waals surface area contributed by atoms with Crippen molar-refractivity contribution in [2.75, 3.05) is 6.54 Å². The van der Waals surface area contributed by atoms with Crippen LogP contribution in [0.2, 0.25) is 0 Å². The molecule has 0 aliphatic carbocycles. The zero-order valence-electron chi connectivity index (χ0n) is 11.3. The molecule has 2 rings (SSSR count). The second-order valence-electron chi connectivity index (χ2n) is 4.60. The van der Waals surface area contributed by atoms with Gasteiger partial charge in [-0.05, 0) is 26.0 Å². The molecule has 2 heterocycles. The van der Waals surface area contributed by atoms with E-state index in [4.69, 9.17) is 4.42 Å². The molecule has 0 aromatic carbocycles. The van der Waals surface area contributed by atoms with E-state index in [0.29, 0.717) is 0 Å². The highest BCUT2D eigenvalue weighted by atomic mass is 16.3. The summed E-state index contributed by atoms with van der Waals surface area (Å²) in [4.78, 5) is 4.40. The molecule has 0 saturated carbocycles. The van der Waals surface area contributed by atoms with Crippen molar-refractivity contribution in [3.8, 4) is 0 Å². The van der Waals surface area contributed by atoms with Gasteiger partial charge in [0.05, 0.1) is 6.26 Å². The normalized spacial score (nSPS) is 12.8.